The minimum absolute atomic E-state index is 0.00256. The Morgan fingerprint density at radius 3 is 1.59 bits per heavy atom. The minimum Gasteiger partial charge on any atom is -0.466 e. The summed E-state index contributed by atoms with van der Waals surface area (Å²) in [5, 5.41) is 4.08. The van der Waals surface area contributed by atoms with Crippen molar-refractivity contribution in [2.45, 2.75) is 18.9 Å². The van der Waals surface area contributed by atoms with Gasteiger partial charge in [-0.15, -0.1) is 0 Å². The topological polar surface area (TPSA) is 26.3 Å². The van der Waals surface area contributed by atoms with Crippen LogP contribution in [0.3, 0.4) is 0 Å². The van der Waals surface area contributed by atoms with Crippen LogP contribution < -0.4 is 15.6 Å². The number of esters is 1. The van der Waals surface area contributed by atoms with Gasteiger partial charge in [0.1, 0.15) is 0 Å². The van der Waals surface area contributed by atoms with Gasteiger partial charge in [-0.25, -0.2) is 0 Å². The van der Waals surface area contributed by atoms with Gasteiger partial charge in [-0.05, 0) is 34.4 Å². The van der Waals surface area contributed by atoms with Crippen LogP contribution in [0.1, 0.15) is 13.3 Å². The molecule has 3 heteroatoms. The van der Waals surface area contributed by atoms with Crippen molar-refractivity contribution in [3.63, 3.8) is 0 Å². The predicted octanol–water partition coefficient (Wildman–Crippen LogP) is 3.11. The predicted molar refractivity (Wildman–Crippen MR) is 112 cm³/mol. The molecule has 3 aromatic rings. The van der Waals surface area contributed by atoms with Gasteiger partial charge in [0, 0.05) is 0 Å². The lowest BCUT2D eigenvalue weighted by molar-refractivity contribution is -0.144. The van der Waals surface area contributed by atoms with Crippen LogP contribution in [-0.2, 0) is 9.53 Å². The fourth-order valence-corrected chi connectivity index (χ4v) is 10.2. The summed E-state index contributed by atoms with van der Waals surface area (Å²) in [6.45, 7) is 2.32. The molecular weight excluding hydrogens is 348 g/mol. The van der Waals surface area contributed by atoms with Crippen LogP contribution in [0.4, 0.5) is 0 Å². The first-order valence-corrected chi connectivity index (χ1v) is 11.7. The Bertz CT molecular complexity index is 797. The molecule has 0 spiro atoms. The van der Waals surface area contributed by atoms with Gasteiger partial charge in [0.05, 0.1) is 12.5 Å². The Morgan fingerprint density at radius 2 is 1.22 bits per heavy atom. The van der Waals surface area contributed by atoms with Gasteiger partial charge in [-0.2, -0.15) is 0 Å². The average Bonchev–Trinajstić information content (AvgIpc) is 3.53. The van der Waals surface area contributed by atoms with E-state index in [1.807, 2.05) is 6.92 Å². The third-order valence-corrected chi connectivity index (χ3v) is 11.1. The number of hydrogen-bond donors (Lipinski definition) is 0. The molecule has 1 aliphatic carbocycles. The zero-order chi connectivity index (χ0) is 18.7. The van der Waals surface area contributed by atoms with Crippen molar-refractivity contribution in [2.24, 2.45) is 5.92 Å². The Labute approximate surface area is 161 Å². The molecule has 0 aromatic heterocycles. The number of benzene rings is 3. The van der Waals surface area contributed by atoms with Crippen LogP contribution in [0.2, 0.25) is 5.54 Å². The highest BCUT2D eigenvalue weighted by Crippen LogP contribution is 2.51. The number of hydrogen-bond acceptors (Lipinski definition) is 2. The Hall–Kier alpha value is -2.65. The SMILES string of the molecule is CCOC(=O)[C@@H]1C[C@@H]1[Si](c1ccccc1)(c1ccccc1)c1ccccc1. The van der Waals surface area contributed by atoms with Crippen molar-refractivity contribution in [2.75, 3.05) is 6.61 Å². The van der Waals surface area contributed by atoms with Crippen LogP contribution in [-0.4, -0.2) is 20.7 Å². The highest BCUT2D eigenvalue weighted by molar-refractivity contribution is 7.13. The molecule has 1 fully saturated rings. The van der Waals surface area contributed by atoms with E-state index in [1.54, 1.807) is 0 Å². The summed E-state index contributed by atoms with van der Waals surface area (Å²) in [6.07, 6.45) is 0.906. The van der Waals surface area contributed by atoms with E-state index >= 15 is 0 Å². The Kier molecular flexibility index (Phi) is 4.95. The fourth-order valence-electron chi connectivity index (χ4n) is 4.43. The van der Waals surface area contributed by atoms with E-state index in [4.69, 9.17) is 4.74 Å². The van der Waals surface area contributed by atoms with E-state index in [1.165, 1.54) is 15.6 Å². The second-order valence-electron chi connectivity index (χ2n) is 7.11. The first-order chi connectivity index (χ1) is 13.3. The summed E-state index contributed by atoms with van der Waals surface area (Å²) in [4.78, 5) is 12.6. The lowest BCUT2D eigenvalue weighted by Gasteiger charge is -2.34. The monoisotopic (exact) mass is 372 g/mol. The number of carbonyl (C=O) groups is 1. The minimum atomic E-state index is -2.35. The zero-order valence-electron chi connectivity index (χ0n) is 15.5. The van der Waals surface area contributed by atoms with Crippen LogP contribution in [0, 0.1) is 5.92 Å². The highest BCUT2D eigenvalue weighted by atomic mass is 28.3. The van der Waals surface area contributed by atoms with E-state index in [9.17, 15) is 4.79 Å². The van der Waals surface area contributed by atoms with Gasteiger partial charge in [0.2, 0.25) is 0 Å². The molecule has 27 heavy (non-hydrogen) atoms. The molecule has 1 saturated carbocycles. The van der Waals surface area contributed by atoms with Gasteiger partial charge in [-0.3, -0.25) is 4.79 Å². The molecule has 0 amide bonds. The van der Waals surface area contributed by atoms with Gasteiger partial charge >= 0.3 is 5.97 Å². The van der Waals surface area contributed by atoms with E-state index in [0.717, 1.165) is 6.42 Å². The molecule has 3 aromatic carbocycles. The number of rotatable bonds is 6. The Balaban J connectivity index is 1.93. The third kappa shape index (κ3) is 3.13. The lowest BCUT2D eigenvalue weighted by Crippen LogP contribution is -2.68. The molecular formula is C24H24O2Si. The molecule has 0 unspecified atom stereocenters. The van der Waals surface area contributed by atoms with E-state index in [2.05, 4.69) is 91.0 Å². The largest absolute Gasteiger partial charge is 0.466 e. The average molecular weight is 373 g/mol. The van der Waals surface area contributed by atoms with Gasteiger partial charge in [0.25, 0.3) is 0 Å². The smallest absolute Gasteiger partial charge is 0.308 e. The van der Waals surface area contributed by atoms with Gasteiger partial charge < -0.3 is 4.74 Å². The van der Waals surface area contributed by atoms with Gasteiger partial charge in [-0.1, -0.05) is 91.0 Å². The maximum absolute atomic E-state index is 12.6. The molecule has 0 bridgehead atoms. The molecule has 0 saturated heterocycles. The van der Waals surface area contributed by atoms with Crippen molar-refractivity contribution in [1.82, 2.24) is 0 Å². The van der Waals surface area contributed by atoms with Crippen molar-refractivity contribution < 1.29 is 9.53 Å². The first kappa shape index (κ1) is 17.7. The van der Waals surface area contributed by atoms with E-state index in [0.29, 0.717) is 12.1 Å². The molecule has 1 aliphatic rings. The number of ether oxygens (including phenoxy) is 1. The standard InChI is InChI=1S/C24H24O2Si/c1-2-26-24(25)22-18-23(22)27(19-12-6-3-7-13-19,20-14-8-4-9-15-20)21-16-10-5-11-17-21/h3-17,22-23H,2,18H2,1H3/t22-,23+/m1/s1. The maximum Gasteiger partial charge on any atom is 0.308 e. The molecule has 0 N–H and O–H groups in total. The third-order valence-electron chi connectivity index (χ3n) is 5.62. The summed E-state index contributed by atoms with van der Waals surface area (Å²) in [7, 11) is -2.35. The van der Waals surface area contributed by atoms with Crippen LogP contribution in [0.15, 0.2) is 91.0 Å². The molecule has 0 aliphatic heterocycles. The molecule has 2 atom stereocenters. The normalized spacial score (nSPS) is 18.7. The van der Waals surface area contributed by atoms with Crippen molar-refractivity contribution in [1.29, 1.82) is 0 Å². The molecule has 2 nitrogen and oxygen atoms in total. The summed E-state index contributed by atoms with van der Waals surface area (Å²) in [5.74, 6) is -0.0422. The first-order valence-electron chi connectivity index (χ1n) is 9.61. The lowest BCUT2D eigenvalue weighted by atomic mass is 10.3. The second kappa shape index (κ2) is 7.53. The summed E-state index contributed by atoms with van der Waals surface area (Å²) in [5.41, 5.74) is 0.323. The van der Waals surface area contributed by atoms with Crippen molar-refractivity contribution >= 4 is 29.6 Å². The quantitative estimate of drug-likeness (QED) is 0.378. The highest BCUT2D eigenvalue weighted by Gasteiger charge is 2.60. The number of carbonyl (C=O) groups excluding carboxylic acids is 1. The summed E-state index contributed by atoms with van der Waals surface area (Å²) < 4.78 is 5.38. The second-order valence-corrected chi connectivity index (χ2v) is 11.2. The van der Waals surface area contributed by atoms with E-state index in [-0.39, 0.29) is 11.9 Å². The zero-order valence-corrected chi connectivity index (χ0v) is 16.5. The molecule has 4 rings (SSSR count). The van der Waals surface area contributed by atoms with E-state index < -0.39 is 8.07 Å². The summed E-state index contributed by atoms with van der Waals surface area (Å²) in [6, 6.07) is 32.3. The van der Waals surface area contributed by atoms with Crippen molar-refractivity contribution in [3.8, 4) is 0 Å². The molecule has 136 valence electrons. The van der Waals surface area contributed by atoms with Crippen LogP contribution in [0.5, 0.6) is 0 Å². The van der Waals surface area contributed by atoms with Crippen molar-refractivity contribution in [3.05, 3.63) is 91.0 Å². The maximum atomic E-state index is 12.6. The fraction of sp³-hybridized carbons (Fsp3) is 0.208. The Morgan fingerprint density at radius 1 is 0.815 bits per heavy atom. The van der Waals surface area contributed by atoms with Crippen LogP contribution in [0.25, 0.3) is 0 Å². The molecule has 0 radical (unpaired) electrons. The van der Waals surface area contributed by atoms with Crippen LogP contribution >= 0.6 is 0 Å². The molecule has 0 heterocycles. The van der Waals surface area contributed by atoms with Gasteiger partial charge in [0.15, 0.2) is 8.07 Å². The summed E-state index contributed by atoms with van der Waals surface area (Å²) >= 11 is 0.